The molecule has 1 aromatic carbocycles. The number of hydrogen-bond donors (Lipinski definition) is 0. The highest BCUT2D eigenvalue weighted by Gasteiger charge is 2.17. The molecule has 4 heteroatoms. The van der Waals surface area contributed by atoms with Crippen LogP contribution in [0.2, 0.25) is 0 Å². The van der Waals surface area contributed by atoms with E-state index in [1.54, 1.807) is 13.2 Å². The summed E-state index contributed by atoms with van der Waals surface area (Å²) in [6.07, 6.45) is 0.644. The zero-order valence-corrected chi connectivity index (χ0v) is 9.37. The standard InChI is InChI=1S/C12H12O4/c1-7-4-8(14-2)5-9-11(7)12(15-3)10(6-13)16-9/h4-6H,1-3H3. The number of methoxy groups -OCH3 is 2. The van der Waals surface area contributed by atoms with Crippen LogP contribution in [0.1, 0.15) is 16.1 Å². The molecule has 0 unspecified atom stereocenters. The minimum absolute atomic E-state index is 0.203. The number of ether oxygens (including phenoxy) is 2. The van der Waals surface area contributed by atoms with Crippen LogP contribution in [0.25, 0.3) is 11.0 Å². The van der Waals surface area contributed by atoms with Crippen molar-refractivity contribution in [2.45, 2.75) is 6.92 Å². The number of rotatable bonds is 3. The van der Waals surface area contributed by atoms with Gasteiger partial charge in [-0.1, -0.05) is 0 Å². The van der Waals surface area contributed by atoms with Gasteiger partial charge in [-0.15, -0.1) is 0 Å². The van der Waals surface area contributed by atoms with Crippen molar-refractivity contribution < 1.29 is 18.7 Å². The largest absolute Gasteiger partial charge is 0.497 e. The summed E-state index contributed by atoms with van der Waals surface area (Å²) in [5, 5.41) is 0.811. The maximum absolute atomic E-state index is 10.8. The van der Waals surface area contributed by atoms with Crippen LogP contribution in [-0.2, 0) is 0 Å². The van der Waals surface area contributed by atoms with Gasteiger partial charge in [0.05, 0.1) is 19.6 Å². The van der Waals surface area contributed by atoms with Crippen molar-refractivity contribution >= 4 is 17.3 Å². The lowest BCUT2D eigenvalue weighted by atomic mass is 10.1. The molecule has 0 fully saturated rings. The first-order chi connectivity index (χ1) is 7.71. The van der Waals surface area contributed by atoms with E-state index in [0.717, 1.165) is 10.9 Å². The monoisotopic (exact) mass is 220 g/mol. The van der Waals surface area contributed by atoms with Crippen molar-refractivity contribution in [3.05, 3.63) is 23.5 Å². The van der Waals surface area contributed by atoms with Crippen LogP contribution in [0.5, 0.6) is 11.5 Å². The van der Waals surface area contributed by atoms with Gasteiger partial charge in [0.25, 0.3) is 0 Å². The maximum Gasteiger partial charge on any atom is 0.209 e. The van der Waals surface area contributed by atoms with E-state index in [0.29, 0.717) is 23.4 Å². The number of fused-ring (bicyclic) bond motifs is 1. The molecule has 0 radical (unpaired) electrons. The van der Waals surface area contributed by atoms with Crippen LogP contribution >= 0.6 is 0 Å². The SMILES string of the molecule is COc1cc(C)c2c(OC)c(C=O)oc2c1. The van der Waals surface area contributed by atoms with E-state index in [4.69, 9.17) is 13.9 Å². The molecule has 1 heterocycles. The number of hydrogen-bond acceptors (Lipinski definition) is 4. The zero-order valence-electron chi connectivity index (χ0n) is 9.37. The van der Waals surface area contributed by atoms with E-state index in [-0.39, 0.29) is 5.76 Å². The van der Waals surface area contributed by atoms with Crippen molar-refractivity contribution in [1.29, 1.82) is 0 Å². The Morgan fingerprint density at radius 3 is 2.56 bits per heavy atom. The lowest BCUT2D eigenvalue weighted by Gasteiger charge is -2.03. The number of aryl methyl sites for hydroxylation is 1. The summed E-state index contributed by atoms with van der Waals surface area (Å²) in [6, 6.07) is 3.60. The van der Waals surface area contributed by atoms with E-state index in [2.05, 4.69) is 0 Å². The first-order valence-electron chi connectivity index (χ1n) is 4.81. The molecule has 0 spiro atoms. The second-order valence-electron chi connectivity index (χ2n) is 3.43. The minimum atomic E-state index is 0.203. The highest BCUT2D eigenvalue weighted by Crippen LogP contribution is 2.36. The molecule has 0 saturated heterocycles. The molecular weight excluding hydrogens is 208 g/mol. The Morgan fingerprint density at radius 2 is 2.00 bits per heavy atom. The molecule has 84 valence electrons. The predicted octanol–water partition coefficient (Wildman–Crippen LogP) is 2.57. The normalized spacial score (nSPS) is 10.4. The lowest BCUT2D eigenvalue weighted by Crippen LogP contribution is -1.87. The average molecular weight is 220 g/mol. The Labute approximate surface area is 92.8 Å². The second-order valence-corrected chi connectivity index (χ2v) is 3.43. The first kappa shape index (κ1) is 10.5. The molecule has 1 aromatic heterocycles. The molecule has 0 aliphatic rings. The molecule has 0 bridgehead atoms. The summed E-state index contributed by atoms with van der Waals surface area (Å²) >= 11 is 0. The molecule has 0 atom stereocenters. The van der Waals surface area contributed by atoms with E-state index in [1.165, 1.54) is 7.11 Å². The summed E-state index contributed by atoms with van der Waals surface area (Å²) in [6.45, 7) is 1.91. The molecule has 16 heavy (non-hydrogen) atoms. The van der Waals surface area contributed by atoms with Crippen molar-refractivity contribution in [2.75, 3.05) is 14.2 Å². The van der Waals surface area contributed by atoms with Crippen molar-refractivity contribution in [3.63, 3.8) is 0 Å². The zero-order chi connectivity index (χ0) is 11.7. The van der Waals surface area contributed by atoms with E-state index in [1.807, 2.05) is 13.0 Å². The third kappa shape index (κ3) is 1.43. The Hall–Kier alpha value is -1.97. The smallest absolute Gasteiger partial charge is 0.209 e. The first-order valence-corrected chi connectivity index (χ1v) is 4.81. The van der Waals surface area contributed by atoms with Crippen molar-refractivity contribution in [1.82, 2.24) is 0 Å². The minimum Gasteiger partial charge on any atom is -0.497 e. The molecule has 2 rings (SSSR count). The molecule has 0 amide bonds. The molecule has 0 aliphatic heterocycles. The van der Waals surface area contributed by atoms with E-state index in [9.17, 15) is 4.79 Å². The summed E-state index contributed by atoms with van der Waals surface area (Å²) < 4.78 is 15.7. The van der Waals surface area contributed by atoms with Gasteiger partial charge in [-0.2, -0.15) is 0 Å². The van der Waals surface area contributed by atoms with Crippen molar-refractivity contribution in [3.8, 4) is 11.5 Å². The van der Waals surface area contributed by atoms with Gasteiger partial charge in [-0.05, 0) is 18.6 Å². The Kier molecular flexibility index (Phi) is 2.56. The Morgan fingerprint density at radius 1 is 1.25 bits per heavy atom. The van der Waals surface area contributed by atoms with Crippen LogP contribution in [-0.4, -0.2) is 20.5 Å². The van der Waals surface area contributed by atoms with E-state index >= 15 is 0 Å². The van der Waals surface area contributed by atoms with Gasteiger partial charge >= 0.3 is 0 Å². The second kappa shape index (κ2) is 3.89. The highest BCUT2D eigenvalue weighted by molar-refractivity contribution is 5.95. The fourth-order valence-corrected chi connectivity index (χ4v) is 1.78. The average Bonchev–Trinajstić information content (AvgIpc) is 2.66. The van der Waals surface area contributed by atoms with Gasteiger partial charge in [0, 0.05) is 6.07 Å². The number of carbonyl (C=O) groups is 1. The molecule has 2 aromatic rings. The Balaban J connectivity index is 2.81. The molecule has 0 N–H and O–H groups in total. The Bertz CT molecular complexity index is 539. The third-order valence-electron chi connectivity index (χ3n) is 2.49. The fourth-order valence-electron chi connectivity index (χ4n) is 1.78. The van der Waals surface area contributed by atoms with Crippen LogP contribution in [0, 0.1) is 6.92 Å². The van der Waals surface area contributed by atoms with Gasteiger partial charge < -0.3 is 13.9 Å². The number of benzene rings is 1. The van der Waals surface area contributed by atoms with Crippen molar-refractivity contribution in [2.24, 2.45) is 0 Å². The summed E-state index contributed by atoms with van der Waals surface area (Å²) in [7, 11) is 3.10. The summed E-state index contributed by atoms with van der Waals surface area (Å²) in [4.78, 5) is 10.8. The van der Waals surface area contributed by atoms with Gasteiger partial charge in [0.2, 0.25) is 5.76 Å². The number of carbonyl (C=O) groups excluding carboxylic acids is 1. The van der Waals surface area contributed by atoms with Crippen LogP contribution in [0.15, 0.2) is 16.5 Å². The van der Waals surface area contributed by atoms with Crippen LogP contribution in [0.3, 0.4) is 0 Å². The van der Waals surface area contributed by atoms with Gasteiger partial charge in [-0.25, -0.2) is 0 Å². The van der Waals surface area contributed by atoms with Crippen LogP contribution < -0.4 is 9.47 Å². The van der Waals surface area contributed by atoms with Gasteiger partial charge in [-0.3, -0.25) is 4.79 Å². The summed E-state index contributed by atoms with van der Waals surface area (Å²) in [5.74, 6) is 1.37. The predicted molar refractivity (Wildman–Crippen MR) is 59.4 cm³/mol. The fraction of sp³-hybridized carbons (Fsp3) is 0.250. The van der Waals surface area contributed by atoms with Gasteiger partial charge in [0.1, 0.15) is 11.3 Å². The molecular formula is C12H12O4. The molecule has 4 nitrogen and oxygen atoms in total. The highest BCUT2D eigenvalue weighted by atomic mass is 16.5. The van der Waals surface area contributed by atoms with E-state index < -0.39 is 0 Å². The number of aldehydes is 1. The quantitative estimate of drug-likeness (QED) is 0.746. The van der Waals surface area contributed by atoms with Crippen LogP contribution in [0.4, 0.5) is 0 Å². The summed E-state index contributed by atoms with van der Waals surface area (Å²) in [5.41, 5.74) is 1.54. The third-order valence-corrected chi connectivity index (χ3v) is 2.49. The molecule has 0 saturated carbocycles. The lowest BCUT2D eigenvalue weighted by molar-refractivity contribution is 0.109. The topological polar surface area (TPSA) is 48.7 Å². The number of furan rings is 1. The molecule has 0 aliphatic carbocycles. The van der Waals surface area contributed by atoms with Gasteiger partial charge in [0.15, 0.2) is 12.0 Å². The maximum atomic E-state index is 10.8.